The van der Waals surface area contributed by atoms with E-state index in [1.54, 1.807) is 18.2 Å². The van der Waals surface area contributed by atoms with E-state index in [2.05, 4.69) is 6.58 Å². The van der Waals surface area contributed by atoms with E-state index in [0.717, 1.165) is 5.56 Å². The van der Waals surface area contributed by atoms with Gasteiger partial charge >= 0.3 is 0 Å². The van der Waals surface area contributed by atoms with Crippen LogP contribution in [0.15, 0.2) is 28.7 Å². The van der Waals surface area contributed by atoms with Crippen LogP contribution in [0.1, 0.15) is 5.56 Å². The molecule has 2 aromatic rings. The van der Waals surface area contributed by atoms with Crippen LogP contribution in [0.3, 0.4) is 0 Å². The van der Waals surface area contributed by atoms with Crippen LogP contribution in [0.25, 0.3) is 12.7 Å². The van der Waals surface area contributed by atoms with Gasteiger partial charge in [0.25, 0.3) is 0 Å². The van der Waals surface area contributed by atoms with Crippen molar-refractivity contribution in [1.82, 2.24) is 0 Å². The Bertz CT molecular complexity index is 640. The lowest BCUT2D eigenvalue weighted by atomic mass is 10.2. The van der Waals surface area contributed by atoms with E-state index >= 15 is 0 Å². The summed E-state index contributed by atoms with van der Waals surface area (Å²) in [6, 6.07) is 6.27. The second-order valence-corrected chi connectivity index (χ2v) is 3.54. The van der Waals surface area contributed by atoms with Crippen molar-refractivity contribution in [2.24, 2.45) is 0 Å². The fourth-order valence-corrected chi connectivity index (χ4v) is 1.49. The van der Waals surface area contributed by atoms with Crippen molar-refractivity contribution < 1.29 is 19.4 Å². The molecule has 1 aromatic heterocycles. The van der Waals surface area contributed by atoms with Crippen molar-refractivity contribution in [3.8, 4) is 17.2 Å². The number of benzene rings is 1. The topological polar surface area (TPSA) is 62.8 Å². The van der Waals surface area contributed by atoms with Gasteiger partial charge in [0.05, 0.1) is 7.11 Å². The Morgan fingerprint density at radius 1 is 1.24 bits per heavy atom. The van der Waals surface area contributed by atoms with Crippen molar-refractivity contribution in [2.45, 2.75) is 0 Å². The second kappa shape index (κ2) is 4.25. The monoisotopic (exact) mass is 232 g/mol. The number of methoxy groups -OCH3 is 1. The highest BCUT2D eigenvalue weighted by molar-refractivity contribution is 5.55. The third-order valence-corrected chi connectivity index (χ3v) is 2.29. The van der Waals surface area contributed by atoms with Crippen LogP contribution in [0.2, 0.25) is 0 Å². The summed E-state index contributed by atoms with van der Waals surface area (Å²) in [4.78, 5) is 0. The van der Waals surface area contributed by atoms with Gasteiger partial charge in [-0.1, -0.05) is 12.6 Å². The number of hydrogen-bond acceptors (Lipinski definition) is 4. The highest BCUT2D eigenvalue weighted by atomic mass is 16.5. The number of phenols is 1. The normalized spacial score (nSPS) is 11.7. The fraction of sp³-hybridized carbons (Fsp3) is 0.0769. The smallest absolute Gasteiger partial charge is 0.169 e. The summed E-state index contributed by atoms with van der Waals surface area (Å²) in [5.41, 5.74) is 1.45. The zero-order valence-electron chi connectivity index (χ0n) is 9.30. The van der Waals surface area contributed by atoms with Crippen LogP contribution >= 0.6 is 0 Å². The predicted molar refractivity (Wildman–Crippen MR) is 63.4 cm³/mol. The summed E-state index contributed by atoms with van der Waals surface area (Å²) in [5.74, 6) is 0.452. The van der Waals surface area contributed by atoms with Gasteiger partial charge in [-0.25, -0.2) is 0 Å². The molecular weight excluding hydrogens is 220 g/mol. The zero-order valence-corrected chi connectivity index (χ0v) is 9.30. The van der Waals surface area contributed by atoms with Gasteiger partial charge in [-0.15, -0.1) is 0 Å². The van der Waals surface area contributed by atoms with Crippen molar-refractivity contribution >= 4 is 12.7 Å². The Labute approximate surface area is 97.7 Å². The molecule has 4 nitrogen and oxygen atoms in total. The van der Waals surface area contributed by atoms with Crippen molar-refractivity contribution in [1.29, 1.82) is 0 Å². The molecule has 0 amide bonds. The van der Waals surface area contributed by atoms with Crippen LogP contribution in [0.4, 0.5) is 0 Å². The minimum Gasteiger partial charge on any atom is -0.504 e. The number of rotatable bonds is 2. The lowest BCUT2D eigenvalue weighted by molar-refractivity contribution is 0.373. The van der Waals surface area contributed by atoms with E-state index in [1.807, 2.05) is 0 Å². The van der Waals surface area contributed by atoms with Gasteiger partial charge in [0, 0.05) is 6.07 Å². The van der Waals surface area contributed by atoms with Crippen molar-refractivity contribution in [3.63, 3.8) is 0 Å². The Morgan fingerprint density at radius 3 is 2.59 bits per heavy atom. The molecule has 0 bridgehead atoms. The highest BCUT2D eigenvalue weighted by Crippen LogP contribution is 2.26. The molecule has 0 spiro atoms. The standard InChI is InChI=1S/C13H12O4/c1-8-5-11(15)13(17-8)7-9-3-4-10(14)12(6-9)16-2/h3-7,14-15H,1H2,2H3. The van der Waals surface area contributed by atoms with Gasteiger partial charge in [-0.3, -0.25) is 0 Å². The molecule has 2 rings (SSSR count). The molecule has 0 aliphatic carbocycles. The largest absolute Gasteiger partial charge is 0.504 e. The molecule has 0 saturated carbocycles. The lowest BCUT2D eigenvalue weighted by Crippen LogP contribution is -1.98. The van der Waals surface area contributed by atoms with Gasteiger partial charge in [0.1, 0.15) is 5.42 Å². The first-order valence-electron chi connectivity index (χ1n) is 4.96. The molecule has 0 radical (unpaired) electrons. The van der Waals surface area contributed by atoms with Gasteiger partial charge in [0.15, 0.2) is 22.7 Å². The number of hydrogen-bond donors (Lipinski definition) is 2. The molecule has 0 atom stereocenters. The van der Waals surface area contributed by atoms with E-state index in [9.17, 15) is 10.2 Å². The summed E-state index contributed by atoms with van der Waals surface area (Å²) < 4.78 is 10.2. The van der Waals surface area contributed by atoms with E-state index in [-0.39, 0.29) is 11.5 Å². The van der Waals surface area contributed by atoms with Crippen molar-refractivity contribution in [3.05, 3.63) is 40.7 Å². The van der Waals surface area contributed by atoms with Crippen LogP contribution in [0.5, 0.6) is 17.2 Å². The lowest BCUT2D eigenvalue weighted by Gasteiger charge is -2.03. The number of phenolic OH excluding ortho intramolecular Hbond substituents is 1. The summed E-state index contributed by atoms with van der Waals surface area (Å²) in [5, 5.41) is 19.0. The van der Waals surface area contributed by atoms with Gasteiger partial charge in [-0.05, 0) is 23.8 Å². The van der Waals surface area contributed by atoms with Gasteiger partial charge < -0.3 is 19.4 Å². The summed E-state index contributed by atoms with van der Waals surface area (Å²) >= 11 is 0. The molecule has 1 aromatic carbocycles. The molecule has 0 saturated heterocycles. The van der Waals surface area contributed by atoms with E-state index < -0.39 is 0 Å². The first-order valence-corrected chi connectivity index (χ1v) is 4.96. The summed E-state index contributed by atoms with van der Waals surface area (Å²) in [6.45, 7) is 3.58. The number of ether oxygens (including phenoxy) is 1. The number of furan rings is 1. The second-order valence-electron chi connectivity index (χ2n) is 3.54. The van der Waals surface area contributed by atoms with Crippen molar-refractivity contribution in [2.75, 3.05) is 7.11 Å². The van der Waals surface area contributed by atoms with Gasteiger partial charge in [0.2, 0.25) is 0 Å². The first kappa shape index (κ1) is 11.1. The quantitative estimate of drug-likeness (QED) is 0.808. The average molecular weight is 232 g/mol. The third kappa shape index (κ3) is 2.25. The fourth-order valence-electron chi connectivity index (χ4n) is 1.49. The minimum absolute atomic E-state index is 0.0297. The van der Waals surface area contributed by atoms with E-state index in [1.165, 1.54) is 19.2 Å². The predicted octanol–water partition coefficient (Wildman–Crippen LogP) is 0.938. The summed E-state index contributed by atoms with van der Waals surface area (Å²) in [7, 11) is 1.47. The van der Waals surface area contributed by atoms with Crippen LogP contribution < -0.4 is 15.6 Å². The maximum absolute atomic E-state index is 9.53. The molecule has 0 aliphatic rings. The summed E-state index contributed by atoms with van der Waals surface area (Å²) in [6.07, 6.45) is 1.63. The van der Waals surface area contributed by atoms with E-state index in [0.29, 0.717) is 16.6 Å². The van der Waals surface area contributed by atoms with Crippen LogP contribution in [0, 0.1) is 0 Å². The number of aromatic hydroxyl groups is 2. The molecule has 0 fully saturated rings. The SMILES string of the molecule is C=c1cc(O)c(=Cc2ccc(O)c(OC)c2)o1. The van der Waals surface area contributed by atoms with E-state index in [4.69, 9.17) is 9.15 Å². The minimum atomic E-state index is 0.0297. The first-order chi connectivity index (χ1) is 8.10. The Kier molecular flexibility index (Phi) is 2.78. The zero-order chi connectivity index (χ0) is 12.4. The average Bonchev–Trinajstić information content (AvgIpc) is 2.60. The molecule has 17 heavy (non-hydrogen) atoms. The molecule has 2 N–H and O–H groups in total. The Balaban J connectivity index is 2.52. The van der Waals surface area contributed by atoms with Crippen LogP contribution in [-0.4, -0.2) is 17.3 Å². The highest BCUT2D eigenvalue weighted by Gasteiger charge is 2.02. The molecular formula is C13H12O4. The molecule has 0 unspecified atom stereocenters. The molecule has 0 aliphatic heterocycles. The Morgan fingerprint density at radius 2 is 2.00 bits per heavy atom. The maximum atomic E-state index is 9.53. The molecule has 88 valence electrons. The Hall–Kier alpha value is -2.36. The molecule has 1 heterocycles. The van der Waals surface area contributed by atoms with Crippen LogP contribution in [-0.2, 0) is 0 Å². The molecule has 4 heteroatoms. The third-order valence-electron chi connectivity index (χ3n) is 2.29. The maximum Gasteiger partial charge on any atom is 0.169 e. The van der Waals surface area contributed by atoms with Gasteiger partial charge in [-0.2, -0.15) is 0 Å².